The van der Waals surface area contributed by atoms with Gasteiger partial charge >= 0.3 is 0 Å². The Morgan fingerprint density at radius 1 is 0.430 bits per heavy atom. The Kier molecular flexibility index (Phi) is 12.0. The first kappa shape index (κ1) is 57.4. The molecule has 440 valence electrons. The zero-order valence-electron chi connectivity index (χ0n) is 56.5. The Hall–Kier alpha value is -6.38. The van der Waals surface area contributed by atoms with Gasteiger partial charge in [0.15, 0.2) is 0 Å². The van der Waals surface area contributed by atoms with E-state index in [-0.39, 0.29) is 61.9 Å². The van der Waals surface area contributed by atoms with E-state index in [0.717, 1.165) is 6.42 Å². The smallest absolute Gasteiger partial charge is 0.247 e. The molecule has 3 aliphatic heterocycles. The van der Waals surface area contributed by atoms with Crippen molar-refractivity contribution < 1.29 is 0 Å². The van der Waals surface area contributed by atoms with E-state index in [4.69, 9.17) is 0 Å². The summed E-state index contributed by atoms with van der Waals surface area (Å²) in [6.45, 7) is 54.0. The summed E-state index contributed by atoms with van der Waals surface area (Å²) in [5.74, 6) is 0.0366. The molecule has 8 aromatic carbocycles. The molecule has 8 aromatic rings. The lowest BCUT2D eigenvalue weighted by atomic mass is 9.30. The van der Waals surface area contributed by atoms with Crippen LogP contribution in [0.25, 0.3) is 11.1 Å². The van der Waals surface area contributed by atoms with Crippen molar-refractivity contribution in [3.05, 3.63) is 234 Å². The lowest BCUT2D eigenvalue weighted by Gasteiger charge is -2.52. The molecule has 14 rings (SSSR count). The number of fused-ring (bicyclic) bond motifs is 12. The van der Waals surface area contributed by atoms with Crippen LogP contribution in [-0.2, 0) is 48.7 Å². The van der Waals surface area contributed by atoms with Gasteiger partial charge in [0.25, 0.3) is 0 Å². The molecular formula is C84H96BN. The summed E-state index contributed by atoms with van der Waals surface area (Å²) < 4.78 is 0. The van der Waals surface area contributed by atoms with Gasteiger partial charge in [0.05, 0.1) is 5.69 Å². The van der Waals surface area contributed by atoms with Crippen LogP contribution in [0, 0.1) is 6.92 Å². The quantitative estimate of drug-likeness (QED) is 0.125. The first-order chi connectivity index (χ1) is 39.9. The van der Waals surface area contributed by atoms with Crippen LogP contribution in [0.1, 0.15) is 277 Å². The number of rotatable bonds is 4. The number of aryl methyl sites for hydroxylation is 1. The van der Waals surface area contributed by atoms with Crippen LogP contribution < -0.4 is 21.3 Å². The van der Waals surface area contributed by atoms with Gasteiger partial charge in [-0.05, 0) is 211 Å². The zero-order chi connectivity index (χ0) is 61.5. The SMILES string of the molecule is Cc1cc2c(cc1C1c3cc4c(cc3B3c5ccc(C(c6ccc(C(C)(C)C)cc6)c6ccc(C(C)(C)C)cc6)cc5N5c6cccc7c6C(C)(c6cc(C(C)(C)C)ccc6-7)c6c(C(C)(C)C)cc1c3c65)C(C)(C)CC4(C)C)C(C)(C)CCC2(C)C. The van der Waals surface area contributed by atoms with Gasteiger partial charge in [-0.1, -0.05) is 265 Å². The molecule has 0 bridgehead atoms. The van der Waals surface area contributed by atoms with E-state index < -0.39 is 5.41 Å². The molecular weight excluding hydrogens is 1030 g/mol. The first-order valence-electron chi connectivity index (χ1n) is 32.9. The normalized spacial score (nSPS) is 20.4. The highest BCUT2D eigenvalue weighted by Gasteiger charge is 2.57. The van der Waals surface area contributed by atoms with E-state index in [1.54, 1.807) is 11.1 Å². The molecule has 1 nitrogen and oxygen atoms in total. The average molecular weight is 1130 g/mol. The number of nitrogens with zero attached hydrogens (tertiary/aromatic N) is 1. The molecule has 0 saturated heterocycles. The van der Waals surface area contributed by atoms with Crippen molar-refractivity contribution >= 4 is 40.2 Å². The first-order valence-corrected chi connectivity index (χ1v) is 32.9. The van der Waals surface area contributed by atoms with Crippen LogP contribution in [0.3, 0.4) is 0 Å². The third-order valence-corrected chi connectivity index (χ3v) is 22.9. The van der Waals surface area contributed by atoms with Crippen LogP contribution in [0.5, 0.6) is 0 Å². The summed E-state index contributed by atoms with van der Waals surface area (Å²) in [7, 11) is 0. The van der Waals surface area contributed by atoms with Crippen molar-refractivity contribution in [3.8, 4) is 11.1 Å². The second-order valence-corrected chi connectivity index (χ2v) is 34.9. The Bertz CT molecular complexity index is 4140. The van der Waals surface area contributed by atoms with Crippen molar-refractivity contribution in [1.82, 2.24) is 0 Å². The molecule has 0 amide bonds. The number of hydrogen-bond acceptors (Lipinski definition) is 1. The highest BCUT2D eigenvalue weighted by Crippen LogP contribution is 2.66. The standard InChI is InChI=1S/C84H96BN/c1-48-40-61-62(81(16,17)39-38-80(61,14)15)43-57(48)71-58-44-63-64(83(20,21)47-82(63,18)19)46-67(58)85-66-37-30-51(70(49-26-31-52(32-27-49)76(2,3)4)50-28-33-53(34-29-50)77(5,6)7)41-69(66)86-68-25-23-24-56-55-36-35-54(78(8,9)10)42-60(55)84(22,72(56)68)73-65(79(11,12)13)45-59(71)74(85)75(73)86/h23-37,40-46,70-71H,38-39,47H2,1-22H3. The molecule has 0 N–H and O–H groups in total. The van der Waals surface area contributed by atoms with Crippen LogP contribution in [-0.4, -0.2) is 6.71 Å². The van der Waals surface area contributed by atoms with E-state index in [1.165, 1.54) is 146 Å². The molecule has 0 fully saturated rings. The van der Waals surface area contributed by atoms with Gasteiger partial charge in [-0.15, -0.1) is 0 Å². The molecule has 2 atom stereocenters. The molecule has 0 aromatic heterocycles. The van der Waals surface area contributed by atoms with Crippen LogP contribution in [0.15, 0.2) is 133 Å². The number of anilines is 3. The Labute approximate surface area is 519 Å². The molecule has 0 saturated carbocycles. The Balaban J connectivity index is 1.14. The van der Waals surface area contributed by atoms with Gasteiger partial charge in [-0.25, -0.2) is 0 Å². The molecule has 6 aliphatic rings. The second kappa shape index (κ2) is 17.9. The summed E-state index contributed by atoms with van der Waals surface area (Å²) in [4.78, 5) is 2.85. The topological polar surface area (TPSA) is 3.24 Å². The van der Waals surface area contributed by atoms with Crippen molar-refractivity contribution in [2.45, 2.75) is 232 Å². The fraction of sp³-hybridized carbons (Fsp3) is 0.429. The number of benzene rings is 8. The fourth-order valence-corrected chi connectivity index (χ4v) is 18.2. The third kappa shape index (κ3) is 8.14. The fourth-order valence-electron chi connectivity index (χ4n) is 18.2. The zero-order valence-corrected chi connectivity index (χ0v) is 56.5. The Morgan fingerprint density at radius 3 is 1.52 bits per heavy atom. The molecule has 86 heavy (non-hydrogen) atoms. The summed E-state index contributed by atoms with van der Waals surface area (Å²) in [5, 5.41) is 0. The summed E-state index contributed by atoms with van der Waals surface area (Å²) in [6, 6.07) is 55.8. The molecule has 0 radical (unpaired) electrons. The minimum absolute atomic E-state index is 0.00291. The van der Waals surface area contributed by atoms with Gasteiger partial charge in [-0.2, -0.15) is 0 Å². The van der Waals surface area contributed by atoms with Gasteiger partial charge in [0.2, 0.25) is 6.71 Å². The molecule has 2 heteroatoms. The highest BCUT2D eigenvalue weighted by molar-refractivity contribution is 6.99. The van der Waals surface area contributed by atoms with Gasteiger partial charge in [-0.3, -0.25) is 0 Å². The second-order valence-electron chi connectivity index (χ2n) is 34.9. The summed E-state index contributed by atoms with van der Waals surface area (Å²) in [6.07, 6.45) is 3.51. The van der Waals surface area contributed by atoms with E-state index >= 15 is 0 Å². The average Bonchev–Trinajstić information content (AvgIpc) is 1.21. The van der Waals surface area contributed by atoms with Crippen molar-refractivity contribution in [3.63, 3.8) is 0 Å². The largest absolute Gasteiger partial charge is 0.311 e. The van der Waals surface area contributed by atoms with E-state index in [1.807, 2.05) is 0 Å². The van der Waals surface area contributed by atoms with Crippen LogP contribution in [0.2, 0.25) is 0 Å². The minimum Gasteiger partial charge on any atom is -0.311 e. The van der Waals surface area contributed by atoms with Gasteiger partial charge < -0.3 is 4.90 Å². The lowest BCUT2D eigenvalue weighted by molar-refractivity contribution is 0.331. The van der Waals surface area contributed by atoms with Crippen LogP contribution in [0.4, 0.5) is 17.1 Å². The third-order valence-electron chi connectivity index (χ3n) is 22.9. The van der Waals surface area contributed by atoms with E-state index in [0.29, 0.717) is 0 Å². The summed E-state index contributed by atoms with van der Waals surface area (Å²) in [5.41, 5.74) is 36.9. The van der Waals surface area contributed by atoms with Crippen LogP contribution >= 0.6 is 0 Å². The van der Waals surface area contributed by atoms with Gasteiger partial charge in [0.1, 0.15) is 0 Å². The molecule has 0 spiro atoms. The van der Waals surface area contributed by atoms with E-state index in [2.05, 4.69) is 291 Å². The van der Waals surface area contributed by atoms with Crippen molar-refractivity contribution in [2.75, 3.05) is 4.90 Å². The van der Waals surface area contributed by atoms with Crippen molar-refractivity contribution in [1.29, 1.82) is 0 Å². The number of hydrogen-bond donors (Lipinski definition) is 0. The summed E-state index contributed by atoms with van der Waals surface area (Å²) >= 11 is 0. The molecule has 3 heterocycles. The predicted octanol–water partition coefficient (Wildman–Crippen LogP) is 20.1. The maximum absolute atomic E-state index is 2.85. The predicted molar refractivity (Wildman–Crippen MR) is 370 cm³/mol. The lowest BCUT2D eigenvalue weighted by Crippen LogP contribution is -2.63. The maximum Gasteiger partial charge on any atom is 0.247 e. The highest BCUT2D eigenvalue weighted by atomic mass is 15.2. The van der Waals surface area contributed by atoms with Crippen molar-refractivity contribution in [2.24, 2.45) is 0 Å². The van der Waals surface area contributed by atoms with E-state index in [9.17, 15) is 0 Å². The molecule has 2 unspecified atom stereocenters. The van der Waals surface area contributed by atoms with Gasteiger partial charge in [0, 0.05) is 28.6 Å². The Morgan fingerprint density at radius 2 is 0.953 bits per heavy atom. The monoisotopic (exact) mass is 1130 g/mol. The molecule has 3 aliphatic carbocycles. The maximum atomic E-state index is 2.85. The minimum atomic E-state index is -0.436.